The summed E-state index contributed by atoms with van der Waals surface area (Å²) in [6, 6.07) is 24.5. The first kappa shape index (κ1) is 30.5. The van der Waals surface area contributed by atoms with Crippen molar-refractivity contribution >= 4 is 5.78 Å². The number of piperidine rings is 1. The second-order valence-corrected chi connectivity index (χ2v) is 10.7. The van der Waals surface area contributed by atoms with Gasteiger partial charge in [0.15, 0.2) is 5.78 Å². The van der Waals surface area contributed by atoms with Crippen LogP contribution in [-0.4, -0.2) is 35.4 Å². The summed E-state index contributed by atoms with van der Waals surface area (Å²) in [7, 11) is 0. The van der Waals surface area contributed by atoms with Crippen molar-refractivity contribution in [3.8, 4) is 5.75 Å². The summed E-state index contributed by atoms with van der Waals surface area (Å²) < 4.78 is 21.1. The van der Waals surface area contributed by atoms with Gasteiger partial charge in [-0.1, -0.05) is 93.8 Å². The second kappa shape index (κ2) is 14.9. The average molecular weight is 536 g/mol. The summed E-state index contributed by atoms with van der Waals surface area (Å²) >= 11 is 0. The fourth-order valence-corrected chi connectivity index (χ4v) is 5.37. The Morgan fingerprint density at radius 1 is 0.974 bits per heavy atom. The van der Waals surface area contributed by atoms with E-state index in [0.29, 0.717) is 11.7 Å². The molecule has 4 nitrogen and oxygen atoms in total. The molecule has 0 unspecified atom stereocenters. The molecule has 5 rings (SSSR count). The first-order chi connectivity index (χ1) is 18.5. The van der Waals surface area contributed by atoms with E-state index in [9.17, 15) is 9.18 Å². The summed E-state index contributed by atoms with van der Waals surface area (Å²) in [5.41, 5.74) is 3.68. The van der Waals surface area contributed by atoms with Crippen LogP contribution in [0.4, 0.5) is 4.39 Å². The first-order valence-electron chi connectivity index (χ1n) is 14.4. The highest BCUT2D eigenvalue weighted by Gasteiger charge is 2.32. The number of ether oxygens (including phenoxy) is 1. The Kier molecular flexibility index (Phi) is 11.7. The van der Waals surface area contributed by atoms with Gasteiger partial charge in [0.05, 0.1) is 11.6 Å². The molecule has 0 amide bonds. The van der Waals surface area contributed by atoms with Gasteiger partial charge in [-0.05, 0) is 67.8 Å². The lowest BCUT2D eigenvalue weighted by atomic mass is 9.94. The van der Waals surface area contributed by atoms with Crippen LogP contribution in [0.1, 0.15) is 106 Å². The third-order valence-electron chi connectivity index (χ3n) is 7.50. The summed E-state index contributed by atoms with van der Waals surface area (Å²) in [5, 5.41) is 0. The lowest BCUT2D eigenvalue weighted by Crippen LogP contribution is -2.43. The van der Waals surface area contributed by atoms with Gasteiger partial charge in [0.1, 0.15) is 17.7 Å². The summed E-state index contributed by atoms with van der Waals surface area (Å²) in [5.74, 6) is 0.266. The zero-order valence-electron chi connectivity index (χ0n) is 23.7. The maximum atomic E-state index is 14.7. The summed E-state index contributed by atoms with van der Waals surface area (Å²) in [4.78, 5) is 14.3. The molecule has 2 aliphatic rings. The van der Waals surface area contributed by atoms with Gasteiger partial charge in [-0.25, -0.2) is 4.39 Å². The van der Waals surface area contributed by atoms with E-state index in [1.807, 2.05) is 12.1 Å². The molecule has 0 spiro atoms. The second-order valence-electron chi connectivity index (χ2n) is 10.7. The smallest absolute Gasteiger partial charge is 0.162 e. The molecular formula is C34H46FNO3. The molecule has 1 atom stereocenters. The fraction of sp³-hybridized carbons (Fsp3) is 0.441. The SMILES string of the molecule is CC(=O)c1cc(C2CC2)c(O[C@@H]2CCCN(C(c3ccccc3)c3ccccc3)C2)cc1F.CCCCC.O.[HH]. The van der Waals surface area contributed by atoms with Crippen molar-refractivity contribution in [3.05, 3.63) is 101 Å². The molecule has 1 aliphatic carbocycles. The number of benzene rings is 3. The van der Waals surface area contributed by atoms with Crippen LogP contribution in [-0.2, 0) is 0 Å². The molecule has 39 heavy (non-hydrogen) atoms. The monoisotopic (exact) mass is 535 g/mol. The number of hydrogen-bond donors (Lipinski definition) is 0. The Morgan fingerprint density at radius 3 is 2.05 bits per heavy atom. The van der Waals surface area contributed by atoms with Gasteiger partial charge >= 0.3 is 0 Å². The van der Waals surface area contributed by atoms with Crippen molar-refractivity contribution in [2.75, 3.05) is 13.1 Å². The van der Waals surface area contributed by atoms with E-state index in [4.69, 9.17) is 4.74 Å². The standard InChI is InChI=1S/C29H30FNO2.C5H12.H2O.H2/c1-20(32)25-17-26(21-14-15-21)28(18-27(25)30)33-24-13-8-16-31(19-24)29(22-9-4-2-5-10-22)23-11-6-3-7-12-23;1-3-5-4-2;;/h2-7,9-12,17-18,21,24,29H,8,13-16,19H2,1H3;3-5H2,1-2H3;1H2;1H/t24-;;;/m1.../s1. The molecule has 0 bridgehead atoms. The van der Waals surface area contributed by atoms with Crippen LogP contribution in [0, 0.1) is 5.82 Å². The van der Waals surface area contributed by atoms with E-state index in [0.717, 1.165) is 44.3 Å². The third-order valence-corrected chi connectivity index (χ3v) is 7.50. The van der Waals surface area contributed by atoms with Crippen molar-refractivity contribution in [1.29, 1.82) is 0 Å². The Hall–Kier alpha value is -3.02. The largest absolute Gasteiger partial charge is 0.489 e. The maximum Gasteiger partial charge on any atom is 0.162 e. The minimum Gasteiger partial charge on any atom is -0.489 e. The number of carbonyl (C=O) groups excluding carboxylic acids is 1. The van der Waals surface area contributed by atoms with Gasteiger partial charge in [0.25, 0.3) is 0 Å². The quantitative estimate of drug-likeness (QED) is 0.260. The van der Waals surface area contributed by atoms with Crippen molar-refractivity contribution in [1.82, 2.24) is 4.90 Å². The molecule has 1 heterocycles. The molecule has 0 radical (unpaired) electrons. The lowest BCUT2D eigenvalue weighted by Gasteiger charge is -2.39. The van der Waals surface area contributed by atoms with Crippen molar-refractivity contribution < 1.29 is 20.8 Å². The molecule has 0 aromatic heterocycles. The number of ketones is 1. The van der Waals surface area contributed by atoms with Gasteiger partial charge in [-0.2, -0.15) is 0 Å². The highest BCUT2D eigenvalue weighted by Crippen LogP contribution is 2.45. The summed E-state index contributed by atoms with van der Waals surface area (Å²) in [6.45, 7) is 7.60. The van der Waals surface area contributed by atoms with E-state index in [1.165, 1.54) is 43.4 Å². The fourth-order valence-electron chi connectivity index (χ4n) is 5.37. The Morgan fingerprint density at radius 2 is 1.56 bits per heavy atom. The Bertz CT molecular complexity index is 1130. The van der Waals surface area contributed by atoms with Crippen LogP contribution < -0.4 is 4.74 Å². The van der Waals surface area contributed by atoms with Gasteiger partial charge < -0.3 is 10.2 Å². The van der Waals surface area contributed by atoms with Crippen LogP contribution >= 0.6 is 0 Å². The number of rotatable bonds is 9. The molecule has 1 saturated carbocycles. The lowest BCUT2D eigenvalue weighted by molar-refractivity contribution is 0.0703. The summed E-state index contributed by atoms with van der Waals surface area (Å²) in [6.07, 6.45) is 8.15. The molecule has 1 aliphatic heterocycles. The normalized spacial score (nSPS) is 17.1. The molecule has 3 aromatic carbocycles. The zero-order chi connectivity index (χ0) is 26.9. The molecule has 2 N–H and O–H groups in total. The maximum absolute atomic E-state index is 14.7. The molecule has 5 heteroatoms. The van der Waals surface area contributed by atoms with Crippen molar-refractivity contribution in [2.24, 2.45) is 0 Å². The van der Waals surface area contributed by atoms with E-state index < -0.39 is 5.82 Å². The predicted molar refractivity (Wildman–Crippen MR) is 159 cm³/mol. The number of Topliss-reactive ketones (excluding diaryl/α,β-unsaturated/α-hetero) is 1. The van der Waals surface area contributed by atoms with Gasteiger partial charge in [-0.3, -0.25) is 9.69 Å². The van der Waals surface area contributed by atoms with E-state index in [-0.39, 0.29) is 30.4 Å². The van der Waals surface area contributed by atoms with E-state index in [1.54, 1.807) is 6.07 Å². The Balaban J connectivity index is 0.000000738. The zero-order valence-corrected chi connectivity index (χ0v) is 23.7. The highest BCUT2D eigenvalue weighted by atomic mass is 19.1. The number of halogens is 1. The van der Waals surface area contributed by atoms with Crippen molar-refractivity contribution in [3.63, 3.8) is 0 Å². The number of carbonyl (C=O) groups is 1. The number of nitrogens with zero attached hydrogens (tertiary/aromatic N) is 1. The van der Waals surface area contributed by atoms with Crippen LogP contribution in [0.15, 0.2) is 72.8 Å². The molecule has 212 valence electrons. The Labute approximate surface area is 235 Å². The average Bonchev–Trinajstić information content (AvgIpc) is 3.77. The number of likely N-dealkylation sites (tertiary alicyclic amines) is 1. The molecule has 1 saturated heterocycles. The van der Waals surface area contributed by atoms with Gasteiger partial charge in [0.2, 0.25) is 0 Å². The van der Waals surface area contributed by atoms with E-state index in [2.05, 4.69) is 67.3 Å². The minimum absolute atomic E-state index is 0. The number of hydrogen-bond acceptors (Lipinski definition) is 3. The van der Waals surface area contributed by atoms with Crippen LogP contribution in [0.25, 0.3) is 0 Å². The van der Waals surface area contributed by atoms with E-state index >= 15 is 0 Å². The third kappa shape index (κ3) is 8.23. The predicted octanol–water partition coefficient (Wildman–Crippen LogP) is 8.16. The number of unbranched alkanes of at least 4 members (excludes halogenated alkanes) is 2. The molecule has 3 aromatic rings. The topological polar surface area (TPSA) is 61.0 Å². The highest BCUT2D eigenvalue weighted by molar-refractivity contribution is 5.94. The van der Waals surface area contributed by atoms with Crippen LogP contribution in [0.2, 0.25) is 0 Å². The van der Waals surface area contributed by atoms with Crippen LogP contribution in [0.3, 0.4) is 0 Å². The van der Waals surface area contributed by atoms with Gasteiger partial charge in [0, 0.05) is 14.0 Å². The molecule has 2 fully saturated rings. The van der Waals surface area contributed by atoms with Crippen LogP contribution in [0.5, 0.6) is 5.75 Å². The minimum atomic E-state index is -0.485. The molecular weight excluding hydrogens is 489 g/mol. The van der Waals surface area contributed by atoms with Crippen molar-refractivity contribution in [2.45, 2.75) is 83.8 Å². The first-order valence-corrected chi connectivity index (χ1v) is 14.4. The van der Waals surface area contributed by atoms with Gasteiger partial charge in [-0.15, -0.1) is 0 Å².